The molecular formula is C29H25Cl4NO4S. The van der Waals surface area contributed by atoms with E-state index in [1.54, 1.807) is 36.4 Å². The average Bonchev–Trinajstić information content (AvgIpc) is 3.12. The molecule has 1 fully saturated rings. The molecule has 1 saturated heterocycles. The highest BCUT2D eigenvalue weighted by Crippen LogP contribution is 2.38. The summed E-state index contributed by atoms with van der Waals surface area (Å²) in [6.45, 7) is 6.67. The van der Waals surface area contributed by atoms with E-state index < -0.39 is 5.91 Å². The van der Waals surface area contributed by atoms with Crippen LogP contribution >= 0.6 is 58.2 Å². The number of ether oxygens (including phenoxy) is 2. The number of amides is 2. The van der Waals surface area contributed by atoms with Gasteiger partial charge >= 0.3 is 0 Å². The summed E-state index contributed by atoms with van der Waals surface area (Å²) in [5.74, 6) is 0.947. The number of carbonyl (C=O) groups excluding carboxylic acids is 2. The second-order valence-corrected chi connectivity index (χ2v) is 11.9. The molecule has 0 spiro atoms. The molecule has 10 heteroatoms. The number of imide groups is 1. The molecular weight excluding hydrogens is 600 g/mol. The number of thioether (sulfide) groups is 1. The number of carbonyl (C=O) groups is 2. The summed E-state index contributed by atoms with van der Waals surface area (Å²) in [4.78, 5) is 27.0. The van der Waals surface area contributed by atoms with Crippen molar-refractivity contribution in [2.24, 2.45) is 0 Å². The first kappa shape index (κ1) is 29.6. The van der Waals surface area contributed by atoms with Gasteiger partial charge in [-0.3, -0.25) is 14.5 Å². The molecule has 4 rings (SSSR count). The molecule has 0 aromatic heterocycles. The number of hydrogen-bond acceptors (Lipinski definition) is 5. The first-order chi connectivity index (χ1) is 18.5. The highest BCUT2D eigenvalue weighted by atomic mass is 35.5. The van der Waals surface area contributed by atoms with Crippen LogP contribution in [0.2, 0.25) is 20.1 Å². The third-order valence-corrected chi connectivity index (χ3v) is 8.13. The normalized spacial score (nSPS) is 14.6. The SMILES string of the molecule is Cc1ccc(C(C)C)c(OCCN2C(=O)S/C(=C\c3cc(Cl)c(OCc4ccc(Cl)c(Cl)c4)c(Cl)c3)C2=O)c1. The number of hydrogen-bond donors (Lipinski definition) is 0. The van der Waals surface area contributed by atoms with Crippen LogP contribution in [0.4, 0.5) is 4.79 Å². The average molecular weight is 625 g/mol. The molecule has 1 aliphatic rings. The Bertz CT molecular complexity index is 1430. The summed E-state index contributed by atoms with van der Waals surface area (Å²) in [5, 5.41) is 1.04. The molecule has 3 aromatic carbocycles. The molecule has 0 N–H and O–H groups in total. The van der Waals surface area contributed by atoms with E-state index in [-0.39, 0.29) is 45.9 Å². The van der Waals surface area contributed by atoms with Crippen molar-refractivity contribution in [3.63, 3.8) is 0 Å². The summed E-state index contributed by atoms with van der Waals surface area (Å²) in [6.07, 6.45) is 1.59. The Kier molecular flexibility index (Phi) is 9.78. The van der Waals surface area contributed by atoms with Gasteiger partial charge in [-0.15, -0.1) is 0 Å². The van der Waals surface area contributed by atoms with Gasteiger partial charge < -0.3 is 9.47 Å². The molecule has 5 nitrogen and oxygen atoms in total. The van der Waals surface area contributed by atoms with Crippen molar-refractivity contribution in [1.29, 1.82) is 0 Å². The second kappa shape index (κ2) is 12.9. The largest absolute Gasteiger partial charge is 0.491 e. The molecule has 0 unspecified atom stereocenters. The van der Waals surface area contributed by atoms with Gasteiger partial charge in [0.2, 0.25) is 0 Å². The van der Waals surface area contributed by atoms with E-state index in [9.17, 15) is 9.59 Å². The Morgan fingerprint density at radius 1 is 0.897 bits per heavy atom. The van der Waals surface area contributed by atoms with Gasteiger partial charge in [0.1, 0.15) is 19.0 Å². The number of halogens is 4. The maximum atomic E-state index is 13.0. The lowest BCUT2D eigenvalue weighted by molar-refractivity contribution is -0.123. The maximum absolute atomic E-state index is 13.0. The van der Waals surface area contributed by atoms with Crippen LogP contribution in [0.15, 0.2) is 53.4 Å². The molecule has 39 heavy (non-hydrogen) atoms. The van der Waals surface area contributed by atoms with Gasteiger partial charge in [-0.2, -0.15) is 0 Å². The minimum absolute atomic E-state index is 0.135. The van der Waals surface area contributed by atoms with Gasteiger partial charge in [-0.25, -0.2) is 0 Å². The second-order valence-electron chi connectivity index (χ2n) is 9.23. The molecule has 0 saturated carbocycles. The third-order valence-electron chi connectivity index (χ3n) is 5.92. The molecule has 0 radical (unpaired) electrons. The smallest absolute Gasteiger partial charge is 0.293 e. The fourth-order valence-corrected chi connectivity index (χ4v) is 5.72. The Morgan fingerprint density at radius 2 is 1.62 bits per heavy atom. The van der Waals surface area contributed by atoms with Crippen LogP contribution in [-0.4, -0.2) is 29.2 Å². The zero-order valence-electron chi connectivity index (χ0n) is 21.4. The van der Waals surface area contributed by atoms with Crippen LogP contribution < -0.4 is 9.47 Å². The Hall–Kier alpha value is -2.35. The summed E-state index contributed by atoms with van der Waals surface area (Å²) >= 11 is 25.8. The van der Waals surface area contributed by atoms with Crippen LogP contribution in [0.1, 0.15) is 42.0 Å². The van der Waals surface area contributed by atoms with E-state index in [1.807, 2.05) is 25.1 Å². The summed E-state index contributed by atoms with van der Waals surface area (Å²) in [7, 11) is 0. The van der Waals surface area contributed by atoms with E-state index in [1.165, 1.54) is 4.90 Å². The lowest BCUT2D eigenvalue weighted by Gasteiger charge is -2.17. The predicted molar refractivity (Wildman–Crippen MR) is 161 cm³/mol. The molecule has 1 heterocycles. The zero-order chi connectivity index (χ0) is 28.3. The topological polar surface area (TPSA) is 55.8 Å². The number of benzene rings is 3. The van der Waals surface area contributed by atoms with E-state index >= 15 is 0 Å². The van der Waals surface area contributed by atoms with E-state index in [0.717, 1.165) is 34.2 Å². The minimum Gasteiger partial charge on any atom is -0.491 e. The van der Waals surface area contributed by atoms with Crippen molar-refractivity contribution in [2.45, 2.75) is 33.3 Å². The van der Waals surface area contributed by atoms with Gasteiger partial charge in [0.25, 0.3) is 11.1 Å². The Morgan fingerprint density at radius 3 is 2.28 bits per heavy atom. The van der Waals surface area contributed by atoms with Crippen LogP contribution in [0, 0.1) is 6.92 Å². The van der Waals surface area contributed by atoms with Crippen molar-refractivity contribution in [2.75, 3.05) is 13.2 Å². The number of aryl methyl sites for hydroxylation is 1. The third kappa shape index (κ3) is 7.24. The van der Waals surface area contributed by atoms with Crippen molar-refractivity contribution in [3.05, 3.63) is 95.8 Å². The Labute approximate surface area is 252 Å². The van der Waals surface area contributed by atoms with E-state index in [4.69, 9.17) is 55.9 Å². The molecule has 3 aromatic rings. The van der Waals surface area contributed by atoms with Crippen molar-refractivity contribution in [1.82, 2.24) is 4.90 Å². The Balaban J connectivity index is 1.41. The van der Waals surface area contributed by atoms with E-state index in [2.05, 4.69) is 13.8 Å². The summed E-state index contributed by atoms with van der Waals surface area (Å²) in [5.41, 5.74) is 3.51. The molecule has 0 bridgehead atoms. The highest BCUT2D eigenvalue weighted by Gasteiger charge is 2.35. The fraction of sp³-hybridized carbons (Fsp3) is 0.241. The minimum atomic E-state index is -0.394. The zero-order valence-corrected chi connectivity index (χ0v) is 25.2. The first-order valence-corrected chi connectivity index (χ1v) is 14.4. The van der Waals surface area contributed by atoms with Gasteiger partial charge in [-0.1, -0.05) is 78.5 Å². The molecule has 1 aliphatic heterocycles. The number of rotatable bonds is 9. The monoisotopic (exact) mass is 623 g/mol. The fourth-order valence-electron chi connectivity index (χ4n) is 3.92. The lowest BCUT2D eigenvalue weighted by atomic mass is 10.0. The van der Waals surface area contributed by atoms with Crippen LogP contribution in [0.25, 0.3) is 6.08 Å². The molecule has 0 atom stereocenters. The maximum Gasteiger partial charge on any atom is 0.293 e. The number of nitrogens with zero attached hydrogens (tertiary/aromatic N) is 1. The molecule has 204 valence electrons. The summed E-state index contributed by atoms with van der Waals surface area (Å²) < 4.78 is 11.8. The standard InChI is InChI=1S/C29H25Cl4NO4S/c1-16(2)20-6-4-17(3)10-25(20)37-9-8-34-28(35)26(39-29(34)36)14-19-12-23(32)27(24(33)13-19)38-15-18-5-7-21(30)22(31)11-18/h4-7,10-14,16H,8-9,15H2,1-3H3/b26-14-. The van der Waals surface area contributed by atoms with Crippen molar-refractivity contribution < 1.29 is 19.1 Å². The van der Waals surface area contributed by atoms with Gasteiger partial charge in [0, 0.05) is 0 Å². The van der Waals surface area contributed by atoms with Gasteiger partial charge in [-0.05, 0) is 83.3 Å². The molecule has 0 aliphatic carbocycles. The first-order valence-electron chi connectivity index (χ1n) is 12.1. The van der Waals surface area contributed by atoms with Gasteiger partial charge in [0.15, 0.2) is 5.75 Å². The lowest BCUT2D eigenvalue weighted by Crippen LogP contribution is -2.32. The highest BCUT2D eigenvalue weighted by molar-refractivity contribution is 8.18. The quantitative estimate of drug-likeness (QED) is 0.222. The van der Waals surface area contributed by atoms with Crippen LogP contribution in [0.5, 0.6) is 11.5 Å². The van der Waals surface area contributed by atoms with Crippen molar-refractivity contribution >= 4 is 75.4 Å². The van der Waals surface area contributed by atoms with Crippen LogP contribution in [0.3, 0.4) is 0 Å². The molecule has 2 amide bonds. The van der Waals surface area contributed by atoms with Crippen LogP contribution in [-0.2, 0) is 11.4 Å². The predicted octanol–water partition coefficient (Wildman–Crippen LogP) is 9.43. The van der Waals surface area contributed by atoms with E-state index in [0.29, 0.717) is 21.4 Å². The van der Waals surface area contributed by atoms with Gasteiger partial charge in [0.05, 0.1) is 31.5 Å². The summed E-state index contributed by atoms with van der Waals surface area (Å²) in [6, 6.07) is 14.5. The van der Waals surface area contributed by atoms with Crippen molar-refractivity contribution in [3.8, 4) is 11.5 Å².